The largest absolute Gasteiger partial charge is 0.478 e. The normalized spacial score (nSPS) is 10.2. The quantitative estimate of drug-likeness (QED) is 0.630. The van der Waals surface area contributed by atoms with Crippen LogP contribution in [0, 0.1) is 0 Å². The standard InChI is InChI=1S/C16H12O8/c17-7-8-1-2-9(5-12(8)15(20)21)24-10-3-4-11(14(18)19)13(6-10)16(22)23/h1-6,17H,7H2,(H,18,19)(H,20,21)(H,22,23). The van der Waals surface area contributed by atoms with E-state index in [1.165, 1.54) is 24.3 Å². The lowest BCUT2D eigenvalue weighted by Gasteiger charge is -2.10. The number of aromatic carboxylic acids is 3. The van der Waals surface area contributed by atoms with Crippen LogP contribution in [0.25, 0.3) is 0 Å². The Morgan fingerprint density at radius 1 is 0.750 bits per heavy atom. The molecule has 0 aliphatic rings. The highest BCUT2D eigenvalue weighted by atomic mass is 16.5. The van der Waals surface area contributed by atoms with Crippen LogP contribution < -0.4 is 4.74 Å². The molecule has 2 aromatic rings. The Morgan fingerprint density at radius 3 is 1.75 bits per heavy atom. The van der Waals surface area contributed by atoms with Crippen LogP contribution in [0.1, 0.15) is 36.6 Å². The van der Waals surface area contributed by atoms with Crippen LogP contribution in [0.5, 0.6) is 11.5 Å². The predicted octanol–water partition coefficient (Wildman–Crippen LogP) is 2.07. The molecule has 0 unspecified atom stereocenters. The second-order valence-electron chi connectivity index (χ2n) is 4.70. The van der Waals surface area contributed by atoms with E-state index in [1.54, 1.807) is 0 Å². The SMILES string of the molecule is O=C(O)c1cc(Oc2ccc(C(=O)O)c(C(=O)O)c2)ccc1CO. The molecule has 2 aromatic carbocycles. The molecule has 124 valence electrons. The zero-order valence-electron chi connectivity index (χ0n) is 12.1. The first kappa shape index (κ1) is 17.0. The fourth-order valence-corrected chi connectivity index (χ4v) is 2.04. The second kappa shape index (κ2) is 6.80. The highest BCUT2D eigenvalue weighted by molar-refractivity contribution is 6.02. The lowest BCUT2D eigenvalue weighted by Crippen LogP contribution is -2.08. The van der Waals surface area contributed by atoms with Gasteiger partial charge in [-0.15, -0.1) is 0 Å². The maximum atomic E-state index is 11.1. The summed E-state index contributed by atoms with van der Waals surface area (Å²) in [6, 6.07) is 7.33. The lowest BCUT2D eigenvalue weighted by atomic mass is 10.1. The Bertz CT molecular complexity index is 825. The molecule has 0 aromatic heterocycles. The molecule has 0 saturated carbocycles. The van der Waals surface area contributed by atoms with Gasteiger partial charge in [-0.2, -0.15) is 0 Å². The molecule has 0 spiro atoms. The van der Waals surface area contributed by atoms with E-state index in [9.17, 15) is 14.4 Å². The number of aliphatic hydroxyl groups is 1. The van der Waals surface area contributed by atoms with E-state index in [4.69, 9.17) is 25.2 Å². The van der Waals surface area contributed by atoms with Crippen molar-refractivity contribution in [3.05, 3.63) is 58.7 Å². The van der Waals surface area contributed by atoms with Crippen molar-refractivity contribution in [3.8, 4) is 11.5 Å². The van der Waals surface area contributed by atoms with Gasteiger partial charge < -0.3 is 25.2 Å². The summed E-state index contributed by atoms with van der Waals surface area (Å²) in [5.74, 6) is -3.94. The molecular weight excluding hydrogens is 320 g/mol. The number of ether oxygens (including phenoxy) is 1. The molecule has 2 rings (SSSR count). The van der Waals surface area contributed by atoms with Crippen molar-refractivity contribution in [2.45, 2.75) is 6.61 Å². The summed E-state index contributed by atoms with van der Waals surface area (Å²) in [4.78, 5) is 33.3. The summed E-state index contributed by atoms with van der Waals surface area (Å²) < 4.78 is 5.39. The first-order valence-corrected chi connectivity index (χ1v) is 6.59. The number of benzene rings is 2. The third-order valence-electron chi connectivity index (χ3n) is 3.17. The number of aliphatic hydroxyl groups excluding tert-OH is 1. The average Bonchev–Trinajstić information content (AvgIpc) is 2.54. The van der Waals surface area contributed by atoms with E-state index in [1.807, 2.05) is 0 Å². The third-order valence-corrected chi connectivity index (χ3v) is 3.17. The van der Waals surface area contributed by atoms with Crippen LogP contribution in [0.15, 0.2) is 36.4 Å². The van der Waals surface area contributed by atoms with Crippen molar-refractivity contribution in [1.29, 1.82) is 0 Å². The average molecular weight is 332 g/mol. The minimum atomic E-state index is -1.43. The van der Waals surface area contributed by atoms with Crippen molar-refractivity contribution in [1.82, 2.24) is 0 Å². The molecule has 0 radical (unpaired) electrons. The number of hydrogen-bond donors (Lipinski definition) is 4. The van der Waals surface area contributed by atoms with Crippen molar-refractivity contribution >= 4 is 17.9 Å². The van der Waals surface area contributed by atoms with Gasteiger partial charge in [0, 0.05) is 0 Å². The number of rotatable bonds is 6. The molecule has 0 aliphatic carbocycles. The van der Waals surface area contributed by atoms with Gasteiger partial charge in [0.25, 0.3) is 0 Å². The van der Waals surface area contributed by atoms with Crippen LogP contribution in [0.2, 0.25) is 0 Å². The molecule has 0 saturated heterocycles. The maximum absolute atomic E-state index is 11.1. The van der Waals surface area contributed by atoms with E-state index in [-0.39, 0.29) is 22.6 Å². The van der Waals surface area contributed by atoms with E-state index in [0.717, 1.165) is 12.1 Å². The number of carboxylic acids is 3. The topological polar surface area (TPSA) is 141 Å². The van der Waals surface area contributed by atoms with Gasteiger partial charge >= 0.3 is 17.9 Å². The Morgan fingerprint density at radius 2 is 1.25 bits per heavy atom. The maximum Gasteiger partial charge on any atom is 0.336 e. The molecule has 0 atom stereocenters. The van der Waals surface area contributed by atoms with Gasteiger partial charge in [0.05, 0.1) is 23.3 Å². The predicted molar refractivity (Wildman–Crippen MR) is 79.8 cm³/mol. The molecule has 0 heterocycles. The van der Waals surface area contributed by atoms with Crippen LogP contribution in [0.4, 0.5) is 0 Å². The van der Waals surface area contributed by atoms with E-state index in [2.05, 4.69) is 0 Å². The molecule has 0 fully saturated rings. The Labute approximate surface area is 135 Å². The molecule has 24 heavy (non-hydrogen) atoms. The van der Waals surface area contributed by atoms with Crippen LogP contribution in [0.3, 0.4) is 0 Å². The summed E-state index contributed by atoms with van der Waals surface area (Å²) >= 11 is 0. The third kappa shape index (κ3) is 3.50. The summed E-state index contributed by atoms with van der Waals surface area (Å²) in [5.41, 5.74) is -0.806. The van der Waals surface area contributed by atoms with Crippen LogP contribution >= 0.6 is 0 Å². The zero-order valence-corrected chi connectivity index (χ0v) is 12.1. The Kier molecular flexibility index (Phi) is 4.81. The van der Waals surface area contributed by atoms with Crippen LogP contribution in [-0.4, -0.2) is 38.3 Å². The summed E-state index contributed by atoms with van der Waals surface area (Å²) in [5, 5.41) is 36.2. The zero-order chi connectivity index (χ0) is 17.9. The van der Waals surface area contributed by atoms with Crippen LogP contribution in [-0.2, 0) is 6.61 Å². The molecule has 8 nitrogen and oxygen atoms in total. The molecule has 0 amide bonds. The van der Waals surface area contributed by atoms with Crippen molar-refractivity contribution in [3.63, 3.8) is 0 Å². The van der Waals surface area contributed by atoms with Crippen molar-refractivity contribution in [2.24, 2.45) is 0 Å². The van der Waals surface area contributed by atoms with Gasteiger partial charge in [-0.1, -0.05) is 6.07 Å². The minimum Gasteiger partial charge on any atom is -0.478 e. The monoisotopic (exact) mass is 332 g/mol. The van der Waals surface area contributed by atoms with E-state index < -0.39 is 35.6 Å². The fraction of sp³-hybridized carbons (Fsp3) is 0.0625. The summed E-state index contributed by atoms with van der Waals surface area (Å²) in [6.45, 7) is -0.460. The number of carbonyl (C=O) groups is 3. The first-order valence-electron chi connectivity index (χ1n) is 6.59. The highest BCUT2D eigenvalue weighted by Crippen LogP contribution is 2.26. The lowest BCUT2D eigenvalue weighted by molar-refractivity contribution is 0.0651. The minimum absolute atomic E-state index is 0.0329. The Balaban J connectivity index is 2.40. The molecule has 0 bridgehead atoms. The number of hydrogen-bond acceptors (Lipinski definition) is 5. The first-order chi connectivity index (χ1) is 11.3. The molecule has 0 aliphatic heterocycles. The van der Waals surface area contributed by atoms with Gasteiger partial charge in [-0.25, -0.2) is 14.4 Å². The molecular formula is C16H12O8. The fourth-order valence-electron chi connectivity index (χ4n) is 2.04. The van der Waals surface area contributed by atoms with Gasteiger partial charge in [0.2, 0.25) is 0 Å². The summed E-state index contributed by atoms with van der Waals surface area (Å²) in [6.07, 6.45) is 0. The summed E-state index contributed by atoms with van der Waals surface area (Å²) in [7, 11) is 0. The van der Waals surface area contributed by atoms with Crippen molar-refractivity contribution < 1.29 is 39.5 Å². The van der Waals surface area contributed by atoms with Gasteiger partial charge in [0.15, 0.2) is 0 Å². The molecule has 8 heteroatoms. The van der Waals surface area contributed by atoms with Gasteiger partial charge in [-0.05, 0) is 35.9 Å². The number of carboxylic acid groups (broad SMARTS) is 3. The Hall–Kier alpha value is -3.39. The van der Waals surface area contributed by atoms with Gasteiger partial charge in [0.1, 0.15) is 11.5 Å². The smallest absolute Gasteiger partial charge is 0.336 e. The van der Waals surface area contributed by atoms with E-state index >= 15 is 0 Å². The van der Waals surface area contributed by atoms with Crippen molar-refractivity contribution in [2.75, 3.05) is 0 Å². The van der Waals surface area contributed by atoms with E-state index in [0.29, 0.717) is 0 Å². The molecule has 4 N–H and O–H groups in total. The highest BCUT2D eigenvalue weighted by Gasteiger charge is 2.17. The van der Waals surface area contributed by atoms with Gasteiger partial charge in [-0.3, -0.25) is 0 Å². The second-order valence-corrected chi connectivity index (χ2v) is 4.70.